The summed E-state index contributed by atoms with van der Waals surface area (Å²) in [4.78, 5) is 23.6. The number of Topliss-reactive ketones (excluding diaryl/α,β-unsaturated/α-hetero) is 1. The number of carbonyl (C=O) groups excluding carboxylic acids is 2. The van der Waals surface area contributed by atoms with Crippen LogP contribution in [0.25, 0.3) is 0 Å². The number of hydrogen-bond acceptors (Lipinski definition) is 3. The van der Waals surface area contributed by atoms with E-state index in [2.05, 4.69) is 0 Å². The molecular formula is C8H13NO3. The molecule has 1 unspecified atom stereocenters. The number of hydrogen-bond donors (Lipinski definition) is 0. The zero-order valence-electron chi connectivity index (χ0n) is 7.37. The molecule has 0 bridgehead atoms. The molecule has 1 heterocycles. The summed E-state index contributed by atoms with van der Waals surface area (Å²) >= 11 is 0. The number of methoxy groups -OCH3 is 1. The number of nitrogens with zero attached hydrogens (tertiary/aromatic N) is 1. The zero-order valence-corrected chi connectivity index (χ0v) is 7.37. The molecular weight excluding hydrogens is 158 g/mol. The highest BCUT2D eigenvalue weighted by molar-refractivity contribution is 6.37. The maximum Gasteiger partial charge on any atom is 0.290 e. The second-order valence-electron chi connectivity index (χ2n) is 2.98. The topological polar surface area (TPSA) is 46.6 Å². The predicted molar refractivity (Wildman–Crippen MR) is 42.7 cm³/mol. The third kappa shape index (κ3) is 1.64. The summed E-state index contributed by atoms with van der Waals surface area (Å²) in [5.41, 5.74) is 0. The first-order valence-electron chi connectivity index (χ1n) is 3.99. The van der Waals surface area contributed by atoms with E-state index in [0.29, 0.717) is 19.6 Å². The molecule has 0 aromatic heterocycles. The van der Waals surface area contributed by atoms with Gasteiger partial charge in [0.15, 0.2) is 0 Å². The van der Waals surface area contributed by atoms with Gasteiger partial charge >= 0.3 is 0 Å². The van der Waals surface area contributed by atoms with Crippen molar-refractivity contribution in [1.29, 1.82) is 0 Å². The lowest BCUT2D eigenvalue weighted by Gasteiger charge is -2.22. The van der Waals surface area contributed by atoms with Gasteiger partial charge in [-0.15, -0.1) is 0 Å². The summed E-state index contributed by atoms with van der Waals surface area (Å²) in [7, 11) is 1.58. The van der Waals surface area contributed by atoms with Crippen molar-refractivity contribution in [2.75, 3.05) is 20.3 Å². The lowest BCUT2D eigenvalue weighted by molar-refractivity contribution is -0.141. The molecule has 12 heavy (non-hydrogen) atoms. The third-order valence-corrected chi connectivity index (χ3v) is 2.02. The van der Waals surface area contributed by atoms with Gasteiger partial charge in [0, 0.05) is 20.1 Å². The van der Waals surface area contributed by atoms with Gasteiger partial charge in [-0.3, -0.25) is 9.59 Å². The van der Waals surface area contributed by atoms with Crippen molar-refractivity contribution in [3.8, 4) is 0 Å². The second-order valence-corrected chi connectivity index (χ2v) is 2.98. The van der Waals surface area contributed by atoms with Crippen LogP contribution in [0, 0.1) is 0 Å². The highest BCUT2D eigenvalue weighted by atomic mass is 16.5. The van der Waals surface area contributed by atoms with Crippen LogP contribution >= 0.6 is 0 Å². The van der Waals surface area contributed by atoms with Gasteiger partial charge in [0.2, 0.25) is 5.78 Å². The van der Waals surface area contributed by atoms with Crippen LogP contribution in [0.15, 0.2) is 0 Å². The fourth-order valence-corrected chi connectivity index (χ4v) is 1.34. The molecule has 68 valence electrons. The van der Waals surface area contributed by atoms with Gasteiger partial charge in [0.25, 0.3) is 5.91 Å². The van der Waals surface area contributed by atoms with Crippen LogP contribution in [0.3, 0.4) is 0 Å². The van der Waals surface area contributed by atoms with Gasteiger partial charge in [0.1, 0.15) is 0 Å². The molecule has 4 nitrogen and oxygen atoms in total. The lowest BCUT2D eigenvalue weighted by atomic mass is 10.3. The molecule has 0 aliphatic carbocycles. The van der Waals surface area contributed by atoms with E-state index in [1.165, 1.54) is 0 Å². The minimum absolute atomic E-state index is 0.00829. The van der Waals surface area contributed by atoms with Crippen molar-refractivity contribution >= 4 is 11.7 Å². The lowest BCUT2D eigenvalue weighted by Crippen LogP contribution is -2.38. The third-order valence-electron chi connectivity index (χ3n) is 2.02. The van der Waals surface area contributed by atoms with Crippen LogP contribution in [0.4, 0.5) is 0 Å². The fraction of sp³-hybridized carbons (Fsp3) is 0.750. The van der Waals surface area contributed by atoms with Crippen molar-refractivity contribution in [3.63, 3.8) is 0 Å². The van der Waals surface area contributed by atoms with Gasteiger partial charge in [-0.05, 0) is 6.92 Å². The molecule has 0 aromatic rings. The molecule has 1 atom stereocenters. The van der Waals surface area contributed by atoms with Crippen LogP contribution in [0.2, 0.25) is 0 Å². The van der Waals surface area contributed by atoms with Gasteiger partial charge < -0.3 is 9.64 Å². The molecule has 1 aliphatic heterocycles. The highest BCUT2D eigenvalue weighted by Gasteiger charge is 2.32. The molecule has 4 heteroatoms. The molecule has 0 spiro atoms. The number of ether oxygens (including phenoxy) is 1. The van der Waals surface area contributed by atoms with Crippen molar-refractivity contribution in [2.24, 2.45) is 0 Å². The second kappa shape index (κ2) is 3.67. The van der Waals surface area contributed by atoms with E-state index in [0.717, 1.165) is 0 Å². The quantitative estimate of drug-likeness (QED) is 0.553. The summed E-state index contributed by atoms with van der Waals surface area (Å²) < 4.78 is 4.89. The van der Waals surface area contributed by atoms with Gasteiger partial charge in [-0.1, -0.05) is 0 Å². The van der Waals surface area contributed by atoms with E-state index in [1.807, 2.05) is 6.92 Å². The van der Waals surface area contributed by atoms with Gasteiger partial charge in [-0.2, -0.15) is 0 Å². The number of amides is 1. The van der Waals surface area contributed by atoms with E-state index in [9.17, 15) is 9.59 Å². The molecule has 1 fully saturated rings. The average Bonchev–Trinajstić information content (AvgIpc) is 2.34. The highest BCUT2D eigenvalue weighted by Crippen LogP contribution is 2.10. The number of carbonyl (C=O) groups is 2. The standard InChI is InChI=1S/C8H13NO3/c1-6(5-12-2)9-4-3-7(10)8(9)11/h6H,3-5H2,1-2H3. The molecule has 1 saturated heterocycles. The molecule has 0 radical (unpaired) electrons. The Morgan fingerprint density at radius 3 is 2.67 bits per heavy atom. The molecule has 0 N–H and O–H groups in total. The van der Waals surface area contributed by atoms with Crippen LogP contribution in [-0.2, 0) is 14.3 Å². The Hall–Kier alpha value is -0.900. The first-order valence-corrected chi connectivity index (χ1v) is 3.99. The van der Waals surface area contributed by atoms with Crippen molar-refractivity contribution in [1.82, 2.24) is 4.90 Å². The first-order chi connectivity index (χ1) is 5.66. The monoisotopic (exact) mass is 171 g/mol. The Labute approximate surface area is 71.5 Å². The summed E-state index contributed by atoms with van der Waals surface area (Å²) in [6.45, 7) is 2.90. The van der Waals surface area contributed by atoms with E-state index in [-0.39, 0.29) is 17.7 Å². The maximum atomic E-state index is 11.1. The van der Waals surface area contributed by atoms with Crippen molar-refractivity contribution in [3.05, 3.63) is 0 Å². The SMILES string of the molecule is COCC(C)N1CCC(=O)C1=O. The largest absolute Gasteiger partial charge is 0.383 e. The molecule has 1 amide bonds. The number of ketones is 1. The Bertz CT molecular complexity index is 202. The van der Waals surface area contributed by atoms with E-state index in [4.69, 9.17) is 4.74 Å². The van der Waals surface area contributed by atoms with Crippen molar-refractivity contribution < 1.29 is 14.3 Å². The van der Waals surface area contributed by atoms with Gasteiger partial charge in [-0.25, -0.2) is 0 Å². The van der Waals surface area contributed by atoms with Crippen molar-refractivity contribution in [2.45, 2.75) is 19.4 Å². The maximum absolute atomic E-state index is 11.1. The average molecular weight is 171 g/mol. The molecule has 0 aromatic carbocycles. The smallest absolute Gasteiger partial charge is 0.290 e. The minimum Gasteiger partial charge on any atom is -0.383 e. The summed E-state index contributed by atoms with van der Waals surface area (Å²) in [6, 6.07) is 0.00829. The number of rotatable bonds is 3. The molecule has 0 saturated carbocycles. The fourth-order valence-electron chi connectivity index (χ4n) is 1.34. The van der Waals surface area contributed by atoms with E-state index in [1.54, 1.807) is 12.0 Å². The minimum atomic E-state index is -0.362. The Morgan fingerprint density at radius 1 is 1.58 bits per heavy atom. The Balaban J connectivity index is 2.53. The number of likely N-dealkylation sites (tertiary alicyclic amines) is 1. The van der Waals surface area contributed by atoms with Crippen LogP contribution < -0.4 is 0 Å². The van der Waals surface area contributed by atoms with Crippen LogP contribution in [0.5, 0.6) is 0 Å². The van der Waals surface area contributed by atoms with E-state index < -0.39 is 0 Å². The Morgan fingerprint density at radius 2 is 2.25 bits per heavy atom. The summed E-state index contributed by atoms with van der Waals surface area (Å²) in [5, 5.41) is 0. The summed E-state index contributed by atoms with van der Waals surface area (Å²) in [5.74, 6) is -0.641. The van der Waals surface area contributed by atoms with Crippen LogP contribution in [-0.4, -0.2) is 42.9 Å². The summed E-state index contributed by atoms with van der Waals surface area (Å²) in [6.07, 6.45) is 0.354. The molecule has 1 aliphatic rings. The van der Waals surface area contributed by atoms with E-state index >= 15 is 0 Å². The normalized spacial score (nSPS) is 20.3. The van der Waals surface area contributed by atoms with Gasteiger partial charge in [0.05, 0.1) is 12.6 Å². The van der Waals surface area contributed by atoms with Crippen LogP contribution in [0.1, 0.15) is 13.3 Å². The Kier molecular flexibility index (Phi) is 2.81. The first kappa shape index (κ1) is 9.19. The predicted octanol–water partition coefficient (Wildman–Crippen LogP) is -0.177. The zero-order chi connectivity index (χ0) is 9.14. The molecule has 1 rings (SSSR count).